The van der Waals surface area contributed by atoms with Crippen LogP contribution in [-0.4, -0.2) is 4.98 Å². The van der Waals surface area contributed by atoms with Crippen LogP contribution in [0.4, 0.5) is 0 Å². The van der Waals surface area contributed by atoms with Crippen molar-refractivity contribution in [2.75, 3.05) is 0 Å². The summed E-state index contributed by atoms with van der Waals surface area (Å²) in [6.45, 7) is 17.9. The van der Waals surface area contributed by atoms with Crippen LogP contribution in [0.3, 0.4) is 0 Å². The number of pyridine rings is 1. The van der Waals surface area contributed by atoms with Gasteiger partial charge >= 0.3 is 0 Å². The third-order valence-corrected chi connectivity index (χ3v) is 8.95. The van der Waals surface area contributed by atoms with Crippen LogP contribution in [0.1, 0.15) is 63.8 Å². The Bertz CT molecular complexity index is 1820. The quantitative estimate of drug-likeness (QED) is 0.192. The van der Waals surface area contributed by atoms with Gasteiger partial charge in [0.05, 0.1) is 11.4 Å². The summed E-state index contributed by atoms with van der Waals surface area (Å²) in [6, 6.07) is 47.1. The van der Waals surface area contributed by atoms with Crippen LogP contribution in [0.25, 0.3) is 55.9 Å². The van der Waals surface area contributed by atoms with E-state index in [9.17, 15) is 0 Å². The van der Waals surface area contributed by atoms with Crippen molar-refractivity contribution in [2.24, 2.45) is 0 Å². The highest BCUT2D eigenvalue weighted by atomic mass is 14.7. The number of rotatable bonds is 5. The van der Waals surface area contributed by atoms with Crippen molar-refractivity contribution in [1.82, 2.24) is 4.98 Å². The molecule has 0 fully saturated rings. The van der Waals surface area contributed by atoms with Gasteiger partial charge in [-0.25, -0.2) is 4.98 Å². The van der Waals surface area contributed by atoms with Crippen LogP contribution in [0.15, 0.2) is 127 Å². The Morgan fingerprint density at radius 1 is 0.326 bits per heavy atom. The van der Waals surface area contributed by atoms with Gasteiger partial charge in [-0.2, -0.15) is 0 Å². The molecule has 0 N–H and O–H groups in total. The molecule has 46 heavy (non-hydrogen) atoms. The second kappa shape index (κ2) is 12.2. The van der Waals surface area contributed by atoms with E-state index < -0.39 is 0 Å². The number of aromatic nitrogens is 1. The predicted octanol–water partition coefficient (Wildman–Crippen LogP) is 12.6. The van der Waals surface area contributed by atoms with Gasteiger partial charge in [0.25, 0.3) is 0 Å². The van der Waals surface area contributed by atoms with Crippen molar-refractivity contribution in [3.8, 4) is 55.9 Å². The molecule has 0 amide bonds. The standard InChI is InChI=1S/C45H45N/c1-30-9-13-34(14-10-30)42-28-39(29-43(46-42)35-15-11-31(2)12-16-35)38-26-36(32-17-21-40(22-18-32)44(3,4)5)25-37(27-38)33-19-23-41(24-20-33)45(6,7)8/h9-29H,1-8H3. The number of hydrogen-bond acceptors (Lipinski definition) is 1. The zero-order valence-corrected chi connectivity index (χ0v) is 28.6. The van der Waals surface area contributed by atoms with Crippen LogP contribution in [-0.2, 0) is 10.8 Å². The normalized spacial score (nSPS) is 11.9. The summed E-state index contributed by atoms with van der Waals surface area (Å²) in [6.07, 6.45) is 0. The van der Waals surface area contributed by atoms with Gasteiger partial charge < -0.3 is 0 Å². The van der Waals surface area contributed by atoms with Gasteiger partial charge in [0.1, 0.15) is 0 Å². The SMILES string of the molecule is Cc1ccc(-c2cc(-c3cc(-c4ccc(C(C)(C)C)cc4)cc(-c4ccc(C(C)(C)C)cc4)c3)cc(-c3ccc(C)cc3)n2)cc1. The van der Waals surface area contributed by atoms with Gasteiger partial charge in [-0.05, 0) is 99.5 Å². The molecule has 1 heteroatoms. The second-order valence-corrected chi connectivity index (χ2v) is 14.8. The molecule has 0 aliphatic rings. The topological polar surface area (TPSA) is 12.9 Å². The number of benzene rings is 5. The van der Waals surface area contributed by atoms with Crippen LogP contribution in [0.2, 0.25) is 0 Å². The zero-order chi connectivity index (χ0) is 32.6. The molecule has 0 aliphatic heterocycles. The Kier molecular flexibility index (Phi) is 8.30. The maximum atomic E-state index is 5.19. The highest BCUT2D eigenvalue weighted by molar-refractivity contribution is 5.84. The van der Waals surface area contributed by atoms with Crippen molar-refractivity contribution in [3.05, 3.63) is 150 Å². The highest BCUT2D eigenvalue weighted by Gasteiger charge is 2.17. The molecule has 6 aromatic rings. The molecule has 0 spiro atoms. The van der Waals surface area contributed by atoms with E-state index in [2.05, 4.69) is 183 Å². The molecule has 6 rings (SSSR count). The van der Waals surface area contributed by atoms with E-state index in [0.717, 1.165) is 28.1 Å². The van der Waals surface area contributed by atoms with Crippen molar-refractivity contribution < 1.29 is 0 Å². The van der Waals surface area contributed by atoms with E-state index in [1.165, 1.54) is 50.1 Å². The molecule has 0 unspecified atom stereocenters. The zero-order valence-electron chi connectivity index (χ0n) is 28.6. The summed E-state index contributed by atoms with van der Waals surface area (Å²) in [4.78, 5) is 5.19. The molecule has 0 atom stereocenters. The molecule has 0 bridgehead atoms. The van der Waals surface area contributed by atoms with Gasteiger partial charge in [-0.3, -0.25) is 0 Å². The minimum Gasteiger partial charge on any atom is -0.248 e. The van der Waals surface area contributed by atoms with E-state index in [0.29, 0.717) is 0 Å². The second-order valence-electron chi connectivity index (χ2n) is 14.8. The summed E-state index contributed by atoms with van der Waals surface area (Å²) in [7, 11) is 0. The molecule has 0 saturated heterocycles. The minimum absolute atomic E-state index is 0.107. The molecule has 5 aromatic carbocycles. The number of hydrogen-bond donors (Lipinski definition) is 0. The average Bonchev–Trinajstić information content (AvgIpc) is 3.04. The first kappa shape index (κ1) is 31.2. The van der Waals surface area contributed by atoms with Gasteiger partial charge in [-0.1, -0.05) is 150 Å². The predicted molar refractivity (Wildman–Crippen MR) is 198 cm³/mol. The Morgan fingerprint density at radius 3 is 0.935 bits per heavy atom. The van der Waals surface area contributed by atoms with E-state index in [-0.39, 0.29) is 10.8 Å². The molecular formula is C45H45N. The third-order valence-electron chi connectivity index (χ3n) is 8.95. The van der Waals surface area contributed by atoms with Crippen LogP contribution < -0.4 is 0 Å². The fourth-order valence-electron chi connectivity index (χ4n) is 5.89. The maximum absolute atomic E-state index is 5.19. The van der Waals surface area contributed by atoms with Gasteiger partial charge in [-0.15, -0.1) is 0 Å². The molecule has 0 saturated carbocycles. The number of nitrogens with zero attached hydrogens (tertiary/aromatic N) is 1. The van der Waals surface area contributed by atoms with E-state index in [1.54, 1.807) is 0 Å². The summed E-state index contributed by atoms with van der Waals surface area (Å²) >= 11 is 0. The van der Waals surface area contributed by atoms with Gasteiger partial charge in [0.2, 0.25) is 0 Å². The average molecular weight is 600 g/mol. The van der Waals surface area contributed by atoms with Gasteiger partial charge in [0.15, 0.2) is 0 Å². The fraction of sp³-hybridized carbons (Fsp3) is 0.222. The van der Waals surface area contributed by atoms with E-state index >= 15 is 0 Å². The Balaban J connectivity index is 1.55. The lowest BCUT2D eigenvalue weighted by atomic mass is 9.85. The molecule has 0 aliphatic carbocycles. The first-order valence-corrected chi connectivity index (χ1v) is 16.4. The molecule has 1 heterocycles. The lowest BCUT2D eigenvalue weighted by Crippen LogP contribution is -2.10. The summed E-state index contributed by atoms with van der Waals surface area (Å²) in [5, 5.41) is 0. The largest absolute Gasteiger partial charge is 0.248 e. The Labute approximate surface area is 276 Å². The van der Waals surface area contributed by atoms with Crippen molar-refractivity contribution in [2.45, 2.75) is 66.2 Å². The summed E-state index contributed by atoms with van der Waals surface area (Å²) in [5.74, 6) is 0. The molecule has 230 valence electrons. The smallest absolute Gasteiger partial charge is 0.0715 e. The maximum Gasteiger partial charge on any atom is 0.0715 e. The number of aryl methyl sites for hydroxylation is 2. The Morgan fingerprint density at radius 2 is 0.609 bits per heavy atom. The third kappa shape index (κ3) is 6.90. The van der Waals surface area contributed by atoms with Crippen LogP contribution >= 0.6 is 0 Å². The van der Waals surface area contributed by atoms with Crippen molar-refractivity contribution >= 4 is 0 Å². The fourth-order valence-corrected chi connectivity index (χ4v) is 5.89. The monoisotopic (exact) mass is 599 g/mol. The van der Waals surface area contributed by atoms with E-state index in [1.807, 2.05) is 0 Å². The Hall–Kier alpha value is -4.75. The van der Waals surface area contributed by atoms with Crippen molar-refractivity contribution in [1.29, 1.82) is 0 Å². The van der Waals surface area contributed by atoms with Crippen molar-refractivity contribution in [3.63, 3.8) is 0 Å². The molecule has 1 aromatic heterocycles. The summed E-state index contributed by atoms with van der Waals surface area (Å²) < 4.78 is 0. The lowest BCUT2D eigenvalue weighted by Gasteiger charge is -2.20. The van der Waals surface area contributed by atoms with Crippen LogP contribution in [0, 0.1) is 13.8 Å². The van der Waals surface area contributed by atoms with Gasteiger partial charge in [0, 0.05) is 11.1 Å². The first-order chi connectivity index (χ1) is 21.8. The van der Waals surface area contributed by atoms with Crippen LogP contribution in [0.5, 0.6) is 0 Å². The minimum atomic E-state index is 0.107. The first-order valence-electron chi connectivity index (χ1n) is 16.4. The highest BCUT2D eigenvalue weighted by Crippen LogP contribution is 2.37. The molecule has 1 nitrogen and oxygen atoms in total. The molecule has 0 radical (unpaired) electrons. The van der Waals surface area contributed by atoms with E-state index in [4.69, 9.17) is 4.98 Å². The summed E-state index contributed by atoms with van der Waals surface area (Å²) in [5.41, 5.74) is 16.7. The molecular weight excluding hydrogens is 555 g/mol. The lowest BCUT2D eigenvalue weighted by molar-refractivity contribution is 0.590.